The van der Waals surface area contributed by atoms with E-state index in [1.807, 2.05) is 11.4 Å². The first kappa shape index (κ1) is 12.5. The Bertz CT molecular complexity index is 392. The van der Waals surface area contributed by atoms with E-state index < -0.39 is 5.97 Å². The van der Waals surface area contributed by atoms with Gasteiger partial charge in [-0.15, -0.1) is 11.3 Å². The number of rotatable bonds is 5. The van der Waals surface area contributed by atoms with Crippen molar-refractivity contribution in [3.63, 3.8) is 0 Å². The third-order valence-corrected chi connectivity index (χ3v) is 4.12. The molecule has 17 heavy (non-hydrogen) atoms. The topological polar surface area (TPSA) is 52.6 Å². The van der Waals surface area contributed by atoms with E-state index >= 15 is 0 Å². The predicted octanol–water partition coefficient (Wildman–Crippen LogP) is 1.49. The van der Waals surface area contributed by atoms with E-state index in [2.05, 4.69) is 17.3 Å². The van der Waals surface area contributed by atoms with E-state index in [0.717, 1.165) is 18.7 Å². The lowest BCUT2D eigenvalue weighted by atomic mass is 10.1. The molecule has 0 aromatic carbocycles. The summed E-state index contributed by atoms with van der Waals surface area (Å²) < 4.78 is 0. The van der Waals surface area contributed by atoms with E-state index in [9.17, 15) is 4.79 Å². The second-order valence-corrected chi connectivity index (χ2v) is 5.54. The number of hydrogen-bond acceptors (Lipinski definition) is 4. The van der Waals surface area contributed by atoms with Crippen LogP contribution in [0.4, 0.5) is 0 Å². The minimum atomic E-state index is -0.822. The molecule has 1 aromatic rings. The smallest absolute Gasteiger partial charge is 0.346 e. The molecule has 2 rings (SSSR count). The van der Waals surface area contributed by atoms with Gasteiger partial charge in [-0.25, -0.2) is 4.79 Å². The highest BCUT2D eigenvalue weighted by molar-refractivity contribution is 7.12. The first-order valence-corrected chi connectivity index (χ1v) is 6.73. The van der Waals surface area contributed by atoms with Crippen LogP contribution in [0.5, 0.6) is 0 Å². The largest absolute Gasteiger partial charge is 0.477 e. The molecule has 4 nitrogen and oxygen atoms in total. The van der Waals surface area contributed by atoms with Crippen LogP contribution in [0.3, 0.4) is 0 Å². The predicted molar refractivity (Wildman–Crippen MR) is 68.6 cm³/mol. The van der Waals surface area contributed by atoms with Crippen LogP contribution in [0.25, 0.3) is 0 Å². The summed E-state index contributed by atoms with van der Waals surface area (Å²) in [5, 5.41) is 14.2. The van der Waals surface area contributed by atoms with Crippen molar-refractivity contribution in [3.8, 4) is 0 Å². The van der Waals surface area contributed by atoms with Crippen LogP contribution in [0.1, 0.15) is 21.7 Å². The van der Waals surface area contributed by atoms with E-state index in [1.165, 1.54) is 24.3 Å². The maximum atomic E-state index is 10.9. The zero-order chi connectivity index (χ0) is 12.3. The van der Waals surface area contributed by atoms with Gasteiger partial charge >= 0.3 is 5.97 Å². The molecule has 0 bridgehead atoms. The molecule has 1 aliphatic rings. The average molecular weight is 254 g/mol. The molecule has 0 saturated carbocycles. The van der Waals surface area contributed by atoms with Crippen molar-refractivity contribution in [3.05, 3.63) is 21.9 Å². The van der Waals surface area contributed by atoms with E-state index in [4.69, 9.17) is 5.11 Å². The van der Waals surface area contributed by atoms with Crippen molar-refractivity contribution in [1.29, 1.82) is 0 Å². The number of likely N-dealkylation sites (tertiary alicyclic amines) is 1. The highest BCUT2D eigenvalue weighted by Crippen LogP contribution is 2.17. The van der Waals surface area contributed by atoms with Crippen LogP contribution < -0.4 is 5.32 Å². The molecule has 1 fully saturated rings. The summed E-state index contributed by atoms with van der Waals surface area (Å²) in [5.41, 5.74) is 0.897. The number of nitrogens with one attached hydrogen (secondary N) is 1. The Hall–Kier alpha value is -0.910. The molecule has 1 unspecified atom stereocenters. The van der Waals surface area contributed by atoms with Crippen molar-refractivity contribution in [2.45, 2.75) is 13.0 Å². The number of nitrogens with zero attached hydrogens (tertiary/aromatic N) is 1. The Kier molecular flexibility index (Phi) is 4.15. The molecule has 1 atom stereocenters. The highest BCUT2D eigenvalue weighted by Gasteiger charge is 2.19. The maximum Gasteiger partial charge on any atom is 0.346 e. The second kappa shape index (κ2) is 5.62. The fraction of sp³-hybridized carbons (Fsp3) is 0.583. The molecule has 5 heteroatoms. The lowest BCUT2D eigenvalue weighted by Gasteiger charge is -2.11. The van der Waals surface area contributed by atoms with E-state index in [0.29, 0.717) is 17.3 Å². The Balaban J connectivity index is 1.78. The Morgan fingerprint density at radius 1 is 1.71 bits per heavy atom. The fourth-order valence-electron chi connectivity index (χ4n) is 2.27. The number of thiophene rings is 1. The molecule has 0 amide bonds. The van der Waals surface area contributed by atoms with Gasteiger partial charge in [-0.05, 0) is 49.5 Å². The second-order valence-electron chi connectivity index (χ2n) is 4.63. The van der Waals surface area contributed by atoms with Crippen LogP contribution in [0.15, 0.2) is 11.4 Å². The molecule has 1 aliphatic heterocycles. The summed E-state index contributed by atoms with van der Waals surface area (Å²) >= 11 is 1.29. The summed E-state index contributed by atoms with van der Waals surface area (Å²) in [4.78, 5) is 13.7. The minimum absolute atomic E-state index is 0.459. The molecule has 94 valence electrons. The van der Waals surface area contributed by atoms with Crippen molar-refractivity contribution < 1.29 is 9.90 Å². The standard InChI is InChI=1S/C12H18N2O2S/c1-14-4-2-9(8-14)6-13-7-10-3-5-17-11(10)12(15)16/h3,5,9,13H,2,4,6-8H2,1H3,(H,15,16). The van der Waals surface area contributed by atoms with E-state index in [1.54, 1.807) is 0 Å². The van der Waals surface area contributed by atoms with Gasteiger partial charge in [0.2, 0.25) is 0 Å². The van der Waals surface area contributed by atoms with Gasteiger partial charge in [-0.2, -0.15) is 0 Å². The number of aromatic carboxylic acids is 1. The molecule has 2 heterocycles. The van der Waals surface area contributed by atoms with Crippen LogP contribution in [-0.2, 0) is 6.54 Å². The van der Waals surface area contributed by atoms with Crippen LogP contribution >= 0.6 is 11.3 Å². The molecular weight excluding hydrogens is 236 g/mol. The van der Waals surface area contributed by atoms with Gasteiger partial charge in [-0.1, -0.05) is 0 Å². The van der Waals surface area contributed by atoms with Crippen LogP contribution in [0, 0.1) is 5.92 Å². The summed E-state index contributed by atoms with van der Waals surface area (Å²) in [6.07, 6.45) is 1.24. The Labute approximate surface area is 105 Å². The zero-order valence-electron chi connectivity index (χ0n) is 9.98. The van der Waals surface area contributed by atoms with Crippen molar-refractivity contribution >= 4 is 17.3 Å². The van der Waals surface area contributed by atoms with Gasteiger partial charge in [-0.3, -0.25) is 0 Å². The monoisotopic (exact) mass is 254 g/mol. The van der Waals surface area contributed by atoms with Crippen LogP contribution in [0.2, 0.25) is 0 Å². The number of carbonyl (C=O) groups is 1. The normalized spacial score (nSPS) is 20.9. The molecule has 0 spiro atoms. The fourth-order valence-corrected chi connectivity index (χ4v) is 3.03. The molecular formula is C12H18N2O2S. The van der Waals surface area contributed by atoms with Crippen LogP contribution in [-0.4, -0.2) is 42.7 Å². The number of hydrogen-bond donors (Lipinski definition) is 2. The maximum absolute atomic E-state index is 10.9. The zero-order valence-corrected chi connectivity index (χ0v) is 10.8. The quantitative estimate of drug-likeness (QED) is 0.836. The molecule has 2 N–H and O–H groups in total. The summed E-state index contributed by atoms with van der Waals surface area (Å²) in [6, 6.07) is 1.89. The van der Waals surface area contributed by atoms with Gasteiger partial charge in [0.1, 0.15) is 4.88 Å². The van der Waals surface area contributed by atoms with Crippen molar-refractivity contribution in [2.75, 3.05) is 26.7 Å². The minimum Gasteiger partial charge on any atom is -0.477 e. The lowest BCUT2D eigenvalue weighted by Crippen LogP contribution is -2.25. The van der Waals surface area contributed by atoms with Gasteiger partial charge in [0.25, 0.3) is 0 Å². The summed E-state index contributed by atoms with van der Waals surface area (Å²) in [5.74, 6) is -0.121. The number of carboxylic acids is 1. The van der Waals surface area contributed by atoms with Crippen molar-refractivity contribution in [2.24, 2.45) is 5.92 Å². The summed E-state index contributed by atoms with van der Waals surface area (Å²) in [6.45, 7) is 3.94. The third kappa shape index (κ3) is 3.28. The lowest BCUT2D eigenvalue weighted by molar-refractivity contribution is 0.0701. The first-order chi connectivity index (χ1) is 8.16. The molecule has 0 aliphatic carbocycles. The Morgan fingerprint density at radius 2 is 2.53 bits per heavy atom. The average Bonchev–Trinajstić information content (AvgIpc) is 2.87. The van der Waals surface area contributed by atoms with Gasteiger partial charge in [0.05, 0.1) is 0 Å². The summed E-state index contributed by atoms with van der Waals surface area (Å²) in [7, 11) is 2.14. The molecule has 1 saturated heterocycles. The first-order valence-electron chi connectivity index (χ1n) is 5.85. The molecule has 0 radical (unpaired) electrons. The van der Waals surface area contributed by atoms with E-state index in [-0.39, 0.29) is 0 Å². The van der Waals surface area contributed by atoms with Crippen molar-refractivity contribution in [1.82, 2.24) is 10.2 Å². The SMILES string of the molecule is CN1CCC(CNCc2ccsc2C(=O)O)C1. The van der Waals surface area contributed by atoms with Gasteiger partial charge in [0, 0.05) is 13.1 Å². The Morgan fingerprint density at radius 3 is 3.18 bits per heavy atom. The highest BCUT2D eigenvalue weighted by atomic mass is 32.1. The molecule has 1 aromatic heterocycles. The number of carboxylic acid groups (broad SMARTS) is 1. The van der Waals surface area contributed by atoms with Gasteiger partial charge < -0.3 is 15.3 Å². The third-order valence-electron chi connectivity index (χ3n) is 3.18. The van der Waals surface area contributed by atoms with Gasteiger partial charge in [0.15, 0.2) is 0 Å².